The van der Waals surface area contributed by atoms with Crippen LogP contribution in [0.4, 0.5) is 0 Å². The Labute approximate surface area is 169 Å². The summed E-state index contributed by atoms with van der Waals surface area (Å²) >= 11 is 1.75. The number of ether oxygens (including phenoxy) is 2. The van der Waals surface area contributed by atoms with Crippen molar-refractivity contribution in [3.8, 4) is 16.2 Å². The largest absolute Gasteiger partial charge is 0.488 e. The van der Waals surface area contributed by atoms with Gasteiger partial charge in [-0.3, -0.25) is 0 Å². The maximum atomic E-state index is 11.2. The molecule has 1 heterocycles. The van der Waals surface area contributed by atoms with Crippen LogP contribution in [0.5, 0.6) is 5.75 Å². The van der Waals surface area contributed by atoms with E-state index in [4.69, 9.17) is 9.47 Å². The SMILES string of the molecule is CCO[C@@H](Cc1ccc(OCc2sc(-c3ccccc3)cc2C)cc1)C(=O)O. The van der Waals surface area contributed by atoms with Gasteiger partial charge in [0.05, 0.1) is 0 Å². The van der Waals surface area contributed by atoms with Gasteiger partial charge in [0, 0.05) is 22.8 Å². The second-order valence-electron chi connectivity index (χ2n) is 6.50. The molecule has 0 saturated carbocycles. The number of hydrogen-bond acceptors (Lipinski definition) is 4. The zero-order valence-corrected chi connectivity index (χ0v) is 16.9. The molecule has 1 N–H and O–H groups in total. The van der Waals surface area contributed by atoms with Gasteiger partial charge >= 0.3 is 5.97 Å². The number of hydrogen-bond donors (Lipinski definition) is 1. The summed E-state index contributed by atoms with van der Waals surface area (Å²) in [7, 11) is 0. The van der Waals surface area contributed by atoms with E-state index in [2.05, 4.69) is 25.1 Å². The summed E-state index contributed by atoms with van der Waals surface area (Å²) in [6, 6.07) is 20.1. The van der Waals surface area contributed by atoms with E-state index >= 15 is 0 Å². The third kappa shape index (κ3) is 5.21. The smallest absolute Gasteiger partial charge is 0.333 e. The number of carboxylic acid groups (broad SMARTS) is 1. The van der Waals surface area contributed by atoms with Crippen molar-refractivity contribution < 1.29 is 19.4 Å². The predicted molar refractivity (Wildman–Crippen MR) is 112 cm³/mol. The minimum Gasteiger partial charge on any atom is -0.488 e. The molecule has 3 aromatic rings. The van der Waals surface area contributed by atoms with Crippen molar-refractivity contribution in [1.82, 2.24) is 0 Å². The molecule has 0 aliphatic carbocycles. The highest BCUT2D eigenvalue weighted by Crippen LogP contribution is 2.32. The molecule has 0 radical (unpaired) electrons. The summed E-state index contributed by atoms with van der Waals surface area (Å²) < 4.78 is 11.2. The Morgan fingerprint density at radius 3 is 2.46 bits per heavy atom. The number of aryl methyl sites for hydroxylation is 1. The van der Waals surface area contributed by atoms with E-state index in [-0.39, 0.29) is 0 Å². The Balaban J connectivity index is 1.61. The number of carbonyl (C=O) groups is 1. The van der Waals surface area contributed by atoms with Crippen LogP contribution in [0.1, 0.15) is 22.9 Å². The van der Waals surface area contributed by atoms with E-state index < -0.39 is 12.1 Å². The van der Waals surface area contributed by atoms with Crippen molar-refractivity contribution in [1.29, 1.82) is 0 Å². The summed E-state index contributed by atoms with van der Waals surface area (Å²) in [5.74, 6) is -0.175. The zero-order chi connectivity index (χ0) is 19.9. The molecule has 0 amide bonds. The second-order valence-corrected chi connectivity index (χ2v) is 7.64. The quantitative estimate of drug-likeness (QED) is 0.531. The van der Waals surface area contributed by atoms with Crippen molar-refractivity contribution >= 4 is 17.3 Å². The Kier molecular flexibility index (Phi) is 6.85. The van der Waals surface area contributed by atoms with Gasteiger partial charge in [-0.15, -0.1) is 11.3 Å². The molecular weight excluding hydrogens is 372 g/mol. The molecule has 1 atom stereocenters. The maximum Gasteiger partial charge on any atom is 0.333 e. The lowest BCUT2D eigenvalue weighted by atomic mass is 10.1. The van der Waals surface area contributed by atoms with Crippen LogP contribution in [0.25, 0.3) is 10.4 Å². The van der Waals surface area contributed by atoms with Gasteiger partial charge in [0.1, 0.15) is 12.4 Å². The summed E-state index contributed by atoms with van der Waals surface area (Å²) in [4.78, 5) is 13.6. The van der Waals surface area contributed by atoms with Gasteiger partial charge in [-0.25, -0.2) is 4.79 Å². The fourth-order valence-corrected chi connectivity index (χ4v) is 4.00. The normalized spacial score (nSPS) is 11.9. The standard InChI is InChI=1S/C23H24O4S/c1-3-26-20(23(24)25)14-17-9-11-19(12-10-17)27-15-22-16(2)13-21(28-22)18-7-5-4-6-8-18/h4-13,20H,3,14-15H2,1-2H3,(H,24,25)/t20-/m0/s1. The Hall–Kier alpha value is -2.63. The first kappa shape index (κ1) is 20.1. The summed E-state index contributed by atoms with van der Waals surface area (Å²) in [6.07, 6.45) is -0.476. The van der Waals surface area contributed by atoms with Crippen molar-refractivity contribution in [2.24, 2.45) is 0 Å². The number of benzene rings is 2. The lowest BCUT2D eigenvalue weighted by Gasteiger charge is -2.13. The van der Waals surface area contributed by atoms with E-state index in [1.165, 1.54) is 20.9 Å². The van der Waals surface area contributed by atoms with Gasteiger partial charge in [-0.05, 0) is 48.7 Å². The van der Waals surface area contributed by atoms with E-state index in [9.17, 15) is 9.90 Å². The van der Waals surface area contributed by atoms with E-state index in [0.717, 1.165) is 11.3 Å². The number of carboxylic acids is 1. The van der Waals surface area contributed by atoms with Crippen LogP contribution in [0.2, 0.25) is 0 Å². The Morgan fingerprint density at radius 1 is 1.11 bits per heavy atom. The monoisotopic (exact) mass is 396 g/mol. The van der Waals surface area contributed by atoms with Gasteiger partial charge in [0.25, 0.3) is 0 Å². The molecule has 0 aliphatic heterocycles. The van der Waals surface area contributed by atoms with Gasteiger partial charge in [-0.2, -0.15) is 0 Å². The summed E-state index contributed by atoms with van der Waals surface area (Å²) in [5.41, 5.74) is 3.35. The lowest BCUT2D eigenvalue weighted by Crippen LogP contribution is -2.26. The van der Waals surface area contributed by atoms with Crippen LogP contribution in [-0.4, -0.2) is 23.8 Å². The van der Waals surface area contributed by atoms with E-state index in [1.807, 2.05) is 42.5 Å². The zero-order valence-electron chi connectivity index (χ0n) is 16.1. The number of thiophene rings is 1. The molecule has 4 nitrogen and oxygen atoms in total. The molecule has 0 saturated heterocycles. The number of aliphatic carboxylic acids is 1. The average molecular weight is 397 g/mol. The third-order valence-corrected chi connectivity index (χ3v) is 5.70. The van der Waals surface area contributed by atoms with Crippen molar-refractivity contribution in [2.45, 2.75) is 33.0 Å². The molecule has 1 aromatic heterocycles. The lowest BCUT2D eigenvalue weighted by molar-refractivity contribution is -0.149. The minimum absolute atomic E-state index is 0.341. The highest BCUT2D eigenvalue weighted by molar-refractivity contribution is 7.15. The van der Waals surface area contributed by atoms with Crippen LogP contribution >= 0.6 is 11.3 Å². The van der Waals surface area contributed by atoms with Gasteiger partial charge in [0.15, 0.2) is 6.10 Å². The number of rotatable bonds is 9. The van der Waals surface area contributed by atoms with Crippen LogP contribution < -0.4 is 4.74 Å². The minimum atomic E-state index is -0.940. The molecule has 146 valence electrons. The van der Waals surface area contributed by atoms with E-state index in [0.29, 0.717) is 19.6 Å². The van der Waals surface area contributed by atoms with Gasteiger partial charge < -0.3 is 14.6 Å². The first-order valence-electron chi connectivity index (χ1n) is 9.27. The molecular formula is C23H24O4S. The molecule has 2 aromatic carbocycles. The molecule has 0 spiro atoms. The maximum absolute atomic E-state index is 11.2. The third-order valence-electron chi connectivity index (χ3n) is 4.44. The molecule has 28 heavy (non-hydrogen) atoms. The Bertz CT molecular complexity index is 900. The van der Waals surface area contributed by atoms with Crippen LogP contribution in [-0.2, 0) is 22.6 Å². The molecule has 0 fully saturated rings. The fourth-order valence-electron chi connectivity index (χ4n) is 2.91. The van der Waals surface area contributed by atoms with Crippen molar-refractivity contribution in [3.63, 3.8) is 0 Å². The van der Waals surface area contributed by atoms with Crippen LogP contribution in [0.15, 0.2) is 60.7 Å². The van der Waals surface area contributed by atoms with E-state index in [1.54, 1.807) is 18.3 Å². The molecule has 0 bridgehead atoms. The van der Waals surface area contributed by atoms with Gasteiger partial charge in [0.2, 0.25) is 0 Å². The second kappa shape index (κ2) is 9.53. The van der Waals surface area contributed by atoms with Crippen LogP contribution in [0.3, 0.4) is 0 Å². The first-order chi connectivity index (χ1) is 13.6. The van der Waals surface area contributed by atoms with Crippen molar-refractivity contribution in [2.75, 3.05) is 6.61 Å². The first-order valence-corrected chi connectivity index (χ1v) is 10.1. The molecule has 5 heteroatoms. The predicted octanol–water partition coefficient (Wildman–Crippen LogP) is 5.33. The molecule has 3 rings (SSSR count). The Morgan fingerprint density at radius 2 is 1.82 bits per heavy atom. The topological polar surface area (TPSA) is 55.8 Å². The highest BCUT2D eigenvalue weighted by Gasteiger charge is 2.17. The van der Waals surface area contributed by atoms with Gasteiger partial charge in [-0.1, -0.05) is 42.5 Å². The summed E-state index contributed by atoms with van der Waals surface area (Å²) in [5, 5.41) is 9.19. The molecule has 0 unspecified atom stereocenters. The van der Waals surface area contributed by atoms with Crippen LogP contribution in [0, 0.1) is 6.92 Å². The fraction of sp³-hybridized carbons (Fsp3) is 0.261. The average Bonchev–Trinajstić information content (AvgIpc) is 3.08. The molecule has 0 aliphatic rings. The highest BCUT2D eigenvalue weighted by atomic mass is 32.1. The van der Waals surface area contributed by atoms with Crippen molar-refractivity contribution in [3.05, 3.63) is 76.7 Å². The summed E-state index contributed by atoms with van der Waals surface area (Å²) in [6.45, 7) is 4.79.